The van der Waals surface area contributed by atoms with E-state index in [-0.39, 0.29) is 42.7 Å². The number of rotatable bonds is 5. The summed E-state index contributed by atoms with van der Waals surface area (Å²) in [4.78, 5) is 27.2. The van der Waals surface area contributed by atoms with Gasteiger partial charge in [-0.25, -0.2) is 0 Å². The Morgan fingerprint density at radius 2 is 1.89 bits per heavy atom. The van der Waals surface area contributed by atoms with Gasteiger partial charge >= 0.3 is 12.1 Å². The molecule has 2 aromatic rings. The third-order valence-electron chi connectivity index (χ3n) is 6.45. The van der Waals surface area contributed by atoms with E-state index in [0.29, 0.717) is 11.3 Å². The van der Waals surface area contributed by atoms with E-state index in [1.807, 2.05) is 0 Å². The van der Waals surface area contributed by atoms with Crippen molar-refractivity contribution in [3.8, 4) is 5.75 Å². The van der Waals surface area contributed by atoms with Crippen LogP contribution in [-0.4, -0.2) is 44.2 Å². The number of benzene rings is 2. The van der Waals surface area contributed by atoms with Crippen LogP contribution in [0.25, 0.3) is 0 Å². The van der Waals surface area contributed by atoms with E-state index in [1.54, 1.807) is 30.3 Å². The minimum atomic E-state index is -4.60. The predicted octanol–water partition coefficient (Wildman–Crippen LogP) is 4.49. The van der Waals surface area contributed by atoms with E-state index < -0.39 is 35.6 Å². The zero-order valence-electron chi connectivity index (χ0n) is 19.4. The number of carbonyl (C=O) groups excluding carboxylic acids is 2. The summed E-state index contributed by atoms with van der Waals surface area (Å²) in [5, 5.41) is 3.29. The summed E-state index contributed by atoms with van der Waals surface area (Å²) in [7, 11) is 1.51. The van der Waals surface area contributed by atoms with Crippen molar-refractivity contribution >= 4 is 30.0 Å². The maximum Gasteiger partial charge on any atom is 0.416 e. The molecule has 1 N–H and O–H groups in total. The Morgan fingerprint density at radius 1 is 1.17 bits per heavy atom. The number of amides is 1. The van der Waals surface area contributed by atoms with Gasteiger partial charge in [0, 0.05) is 31.1 Å². The number of anilines is 1. The van der Waals surface area contributed by atoms with E-state index >= 15 is 0 Å². The Labute approximate surface area is 208 Å². The van der Waals surface area contributed by atoms with Crippen molar-refractivity contribution in [3.63, 3.8) is 0 Å². The van der Waals surface area contributed by atoms with Crippen molar-refractivity contribution in [3.05, 3.63) is 59.2 Å². The van der Waals surface area contributed by atoms with Crippen LogP contribution in [0.4, 0.5) is 18.9 Å². The number of ether oxygens (including phenoxy) is 2. The lowest BCUT2D eigenvalue weighted by molar-refractivity contribution is -0.154. The van der Waals surface area contributed by atoms with Gasteiger partial charge < -0.3 is 19.7 Å². The number of alkyl halides is 3. The van der Waals surface area contributed by atoms with Gasteiger partial charge in [0.15, 0.2) is 6.10 Å². The molecule has 190 valence electrons. The third kappa shape index (κ3) is 5.73. The van der Waals surface area contributed by atoms with Gasteiger partial charge in [-0.1, -0.05) is 18.2 Å². The molecule has 4 rings (SSSR count). The van der Waals surface area contributed by atoms with Crippen LogP contribution in [0.2, 0.25) is 0 Å². The second kappa shape index (κ2) is 10.9. The monoisotopic (exact) mass is 512 g/mol. The Morgan fingerprint density at radius 3 is 2.46 bits per heavy atom. The number of nitrogens with zero attached hydrogens (tertiary/aromatic N) is 1. The molecule has 1 saturated heterocycles. The Hall–Kier alpha value is -2.78. The second-order valence-electron chi connectivity index (χ2n) is 8.66. The van der Waals surface area contributed by atoms with Crippen LogP contribution in [0.5, 0.6) is 5.75 Å². The lowest BCUT2D eigenvalue weighted by atomic mass is 9.86. The van der Waals surface area contributed by atoms with Gasteiger partial charge in [-0.05, 0) is 61.2 Å². The van der Waals surface area contributed by atoms with Crippen LogP contribution in [-0.2, 0) is 26.9 Å². The maximum atomic E-state index is 14.1. The quantitative estimate of drug-likeness (QED) is 0.598. The average molecular weight is 513 g/mol. The van der Waals surface area contributed by atoms with Crippen LogP contribution >= 0.6 is 12.4 Å². The highest BCUT2D eigenvalue weighted by Crippen LogP contribution is 2.43. The largest absolute Gasteiger partial charge is 0.497 e. The molecule has 0 radical (unpaired) electrons. The van der Waals surface area contributed by atoms with Crippen LogP contribution in [0.3, 0.4) is 0 Å². The zero-order valence-corrected chi connectivity index (χ0v) is 20.2. The second-order valence-corrected chi connectivity index (χ2v) is 8.66. The Kier molecular flexibility index (Phi) is 8.33. The van der Waals surface area contributed by atoms with Gasteiger partial charge in [0.05, 0.1) is 12.7 Å². The molecule has 0 saturated carbocycles. The van der Waals surface area contributed by atoms with Gasteiger partial charge in [-0.2, -0.15) is 13.2 Å². The number of fused-ring (bicyclic) bond motifs is 1. The fraction of sp³-hybridized carbons (Fsp3) is 0.440. The number of hydrogen-bond donors (Lipinski definition) is 1. The number of carbonyl (C=O) groups is 2. The lowest BCUT2D eigenvalue weighted by Crippen LogP contribution is -2.47. The lowest BCUT2D eigenvalue weighted by Gasteiger charge is -2.30. The van der Waals surface area contributed by atoms with Crippen LogP contribution in [0.1, 0.15) is 42.4 Å². The van der Waals surface area contributed by atoms with Crippen LogP contribution in [0.15, 0.2) is 42.5 Å². The smallest absolute Gasteiger partial charge is 0.416 e. The van der Waals surface area contributed by atoms with Crippen molar-refractivity contribution in [1.29, 1.82) is 0 Å². The molecule has 1 amide bonds. The molecule has 2 aromatic carbocycles. The summed E-state index contributed by atoms with van der Waals surface area (Å²) >= 11 is 0. The van der Waals surface area contributed by atoms with Crippen LogP contribution in [0, 0.1) is 0 Å². The van der Waals surface area contributed by atoms with E-state index in [1.165, 1.54) is 25.0 Å². The molecule has 6 nitrogen and oxygen atoms in total. The predicted molar refractivity (Wildman–Crippen MR) is 127 cm³/mol. The normalized spacial score (nSPS) is 22.1. The first-order valence-electron chi connectivity index (χ1n) is 11.2. The molecule has 0 spiro atoms. The van der Waals surface area contributed by atoms with Crippen molar-refractivity contribution in [2.75, 3.05) is 25.1 Å². The molecule has 35 heavy (non-hydrogen) atoms. The van der Waals surface area contributed by atoms with Crippen LogP contribution < -0.4 is 15.0 Å². The van der Waals surface area contributed by atoms with E-state index in [2.05, 4.69) is 5.32 Å². The van der Waals surface area contributed by atoms with Gasteiger partial charge in [-0.15, -0.1) is 12.4 Å². The first-order valence-corrected chi connectivity index (χ1v) is 11.2. The number of halogens is 4. The third-order valence-corrected chi connectivity index (χ3v) is 6.45. The molecule has 0 bridgehead atoms. The minimum Gasteiger partial charge on any atom is -0.497 e. The topological polar surface area (TPSA) is 67.9 Å². The van der Waals surface area contributed by atoms with Crippen molar-refractivity contribution in [2.24, 2.45) is 0 Å². The summed E-state index contributed by atoms with van der Waals surface area (Å²) in [5.74, 6) is -1.43. The summed E-state index contributed by atoms with van der Waals surface area (Å²) in [6.07, 6.45) is -4.25. The first kappa shape index (κ1) is 26.8. The van der Waals surface area contributed by atoms with E-state index in [0.717, 1.165) is 25.5 Å². The number of nitrogens with one attached hydrogen (secondary N) is 1. The molecule has 2 aliphatic heterocycles. The summed E-state index contributed by atoms with van der Waals surface area (Å²) in [6.45, 7) is 2.17. The molecule has 1 fully saturated rings. The molecule has 2 heterocycles. The fourth-order valence-electron chi connectivity index (χ4n) is 4.86. The summed E-state index contributed by atoms with van der Waals surface area (Å²) in [5.41, 5.74) is 0.0341. The standard InChI is InChI=1S/C25H27F3N2O4.ClH/c1-15(31)34-23-19(16-8-10-18(33-2)11-9-16)13-20-21(25(26,27)28)6-3-7-22(20)30(24(23)32)14-17-5-4-12-29-17;/h3,6-11,17,19,23,29H,4-5,12-14H2,1-2H3;1H. The minimum absolute atomic E-state index is 0. The molecule has 0 aliphatic carbocycles. The Balaban J connectivity index is 0.00000342. The zero-order chi connectivity index (χ0) is 24.5. The SMILES string of the molecule is COc1ccc(C2Cc3c(cccc3C(F)(F)F)N(CC3CCCN3)C(=O)C2OC(C)=O)cc1.Cl. The molecular weight excluding hydrogens is 485 g/mol. The average Bonchev–Trinajstić information content (AvgIpc) is 3.28. The molecular formula is C25H28ClF3N2O4. The van der Waals surface area contributed by atoms with E-state index in [9.17, 15) is 22.8 Å². The highest BCUT2D eigenvalue weighted by Gasteiger charge is 2.44. The van der Waals surface area contributed by atoms with E-state index in [4.69, 9.17) is 9.47 Å². The van der Waals surface area contributed by atoms with Gasteiger partial charge in [0.1, 0.15) is 5.75 Å². The highest BCUT2D eigenvalue weighted by atomic mass is 35.5. The summed E-state index contributed by atoms with van der Waals surface area (Å²) in [6, 6.07) is 10.6. The number of methoxy groups -OCH3 is 1. The molecule has 0 aromatic heterocycles. The van der Waals surface area contributed by atoms with Gasteiger partial charge in [0.25, 0.3) is 5.91 Å². The molecule has 10 heteroatoms. The number of esters is 1. The van der Waals surface area contributed by atoms with Gasteiger partial charge in [-0.3, -0.25) is 9.59 Å². The first-order chi connectivity index (χ1) is 16.2. The van der Waals surface area contributed by atoms with Gasteiger partial charge in [0.2, 0.25) is 0 Å². The van der Waals surface area contributed by atoms with Crippen molar-refractivity contribution in [1.82, 2.24) is 5.32 Å². The number of hydrogen-bond acceptors (Lipinski definition) is 5. The highest BCUT2D eigenvalue weighted by molar-refractivity contribution is 6.00. The fourth-order valence-corrected chi connectivity index (χ4v) is 4.86. The van der Waals surface area contributed by atoms with Crippen molar-refractivity contribution < 1.29 is 32.2 Å². The molecule has 3 atom stereocenters. The molecule has 3 unspecified atom stereocenters. The molecule has 2 aliphatic rings. The maximum absolute atomic E-state index is 14.1. The van der Waals surface area contributed by atoms with Crippen molar-refractivity contribution in [2.45, 2.75) is 50.4 Å². The Bertz CT molecular complexity index is 1060. The summed E-state index contributed by atoms with van der Waals surface area (Å²) < 4.78 is 52.9.